The molecule has 7 nitrogen and oxygen atoms in total. The molecule has 0 radical (unpaired) electrons. The second-order valence-corrected chi connectivity index (χ2v) is 3.38. The zero-order chi connectivity index (χ0) is 12.3. The minimum Gasteiger partial charge on any atom is -0.476 e. The zero-order valence-corrected chi connectivity index (χ0v) is 9.04. The SMILES string of the molecule is Cc1cc(CNc2cncc(C(=O)O)n2)no1. The summed E-state index contributed by atoms with van der Waals surface area (Å²) in [7, 11) is 0. The van der Waals surface area contributed by atoms with E-state index in [-0.39, 0.29) is 5.69 Å². The number of carboxylic acids is 1. The average Bonchev–Trinajstić information content (AvgIpc) is 2.73. The Bertz CT molecular complexity index is 538. The van der Waals surface area contributed by atoms with Crippen molar-refractivity contribution >= 4 is 11.8 Å². The van der Waals surface area contributed by atoms with Crippen molar-refractivity contribution in [2.75, 3.05) is 5.32 Å². The molecule has 0 aliphatic carbocycles. The van der Waals surface area contributed by atoms with E-state index >= 15 is 0 Å². The van der Waals surface area contributed by atoms with Crippen LogP contribution in [0.1, 0.15) is 21.9 Å². The van der Waals surface area contributed by atoms with Crippen molar-refractivity contribution in [1.29, 1.82) is 0 Å². The van der Waals surface area contributed by atoms with E-state index in [1.807, 2.05) is 0 Å². The van der Waals surface area contributed by atoms with E-state index in [0.29, 0.717) is 23.8 Å². The zero-order valence-electron chi connectivity index (χ0n) is 9.04. The van der Waals surface area contributed by atoms with Crippen LogP contribution in [0.2, 0.25) is 0 Å². The summed E-state index contributed by atoms with van der Waals surface area (Å²) < 4.78 is 4.89. The largest absolute Gasteiger partial charge is 0.476 e. The highest BCUT2D eigenvalue weighted by atomic mass is 16.5. The third-order valence-electron chi connectivity index (χ3n) is 1.98. The van der Waals surface area contributed by atoms with Crippen LogP contribution in [0.25, 0.3) is 0 Å². The van der Waals surface area contributed by atoms with Crippen LogP contribution in [0.5, 0.6) is 0 Å². The smallest absolute Gasteiger partial charge is 0.356 e. The number of hydrogen-bond donors (Lipinski definition) is 2. The fourth-order valence-corrected chi connectivity index (χ4v) is 1.24. The van der Waals surface area contributed by atoms with Gasteiger partial charge >= 0.3 is 5.97 Å². The third-order valence-corrected chi connectivity index (χ3v) is 1.98. The Labute approximate surface area is 96.5 Å². The first-order valence-electron chi connectivity index (χ1n) is 4.86. The highest BCUT2D eigenvalue weighted by Gasteiger charge is 2.06. The van der Waals surface area contributed by atoms with Gasteiger partial charge in [-0.1, -0.05) is 5.16 Å². The number of hydrogen-bond acceptors (Lipinski definition) is 6. The minimum absolute atomic E-state index is 0.105. The van der Waals surface area contributed by atoms with Gasteiger partial charge in [-0.2, -0.15) is 0 Å². The maximum absolute atomic E-state index is 10.7. The van der Waals surface area contributed by atoms with E-state index in [1.165, 1.54) is 12.4 Å². The second-order valence-electron chi connectivity index (χ2n) is 3.38. The Morgan fingerprint density at radius 3 is 3.00 bits per heavy atom. The number of carboxylic acid groups (broad SMARTS) is 1. The van der Waals surface area contributed by atoms with Gasteiger partial charge in [0.1, 0.15) is 17.3 Å². The molecule has 0 spiro atoms. The number of anilines is 1. The van der Waals surface area contributed by atoms with Gasteiger partial charge in [0.25, 0.3) is 0 Å². The predicted octanol–water partition coefficient (Wildman–Crippen LogP) is 1.08. The molecule has 0 fully saturated rings. The molecule has 0 aliphatic heterocycles. The fourth-order valence-electron chi connectivity index (χ4n) is 1.24. The number of aromatic carboxylic acids is 1. The normalized spacial score (nSPS) is 10.2. The Kier molecular flexibility index (Phi) is 2.99. The molecule has 88 valence electrons. The summed E-state index contributed by atoms with van der Waals surface area (Å²) >= 11 is 0. The van der Waals surface area contributed by atoms with E-state index in [4.69, 9.17) is 9.63 Å². The molecule has 0 bridgehead atoms. The molecule has 0 unspecified atom stereocenters. The predicted molar refractivity (Wildman–Crippen MR) is 57.6 cm³/mol. The standard InChI is InChI=1S/C10H10N4O3/c1-6-2-7(14-17-6)3-12-9-5-11-4-8(13-9)10(15)16/h2,4-5H,3H2,1H3,(H,12,13)(H,15,16). The summed E-state index contributed by atoms with van der Waals surface area (Å²) in [5.74, 6) is -0.0174. The van der Waals surface area contributed by atoms with Crippen LogP contribution in [-0.2, 0) is 6.54 Å². The van der Waals surface area contributed by atoms with Crippen molar-refractivity contribution in [3.05, 3.63) is 35.6 Å². The topological polar surface area (TPSA) is 101 Å². The lowest BCUT2D eigenvalue weighted by atomic mass is 10.4. The maximum Gasteiger partial charge on any atom is 0.356 e. The van der Waals surface area contributed by atoms with Crippen molar-refractivity contribution in [2.45, 2.75) is 13.5 Å². The fraction of sp³-hybridized carbons (Fsp3) is 0.200. The maximum atomic E-state index is 10.7. The molecule has 17 heavy (non-hydrogen) atoms. The molecule has 0 saturated carbocycles. The first-order chi connectivity index (χ1) is 8.15. The molecule has 0 aliphatic rings. The number of nitrogens with zero attached hydrogens (tertiary/aromatic N) is 3. The van der Waals surface area contributed by atoms with E-state index in [1.54, 1.807) is 13.0 Å². The van der Waals surface area contributed by atoms with Crippen LogP contribution < -0.4 is 5.32 Å². The Hall–Kier alpha value is -2.44. The van der Waals surface area contributed by atoms with Crippen LogP contribution in [0.15, 0.2) is 23.0 Å². The van der Waals surface area contributed by atoms with E-state index in [9.17, 15) is 4.79 Å². The molecular formula is C10H10N4O3. The molecule has 2 heterocycles. The average molecular weight is 234 g/mol. The van der Waals surface area contributed by atoms with Gasteiger partial charge in [-0.05, 0) is 6.92 Å². The molecule has 0 saturated heterocycles. The number of aromatic nitrogens is 3. The molecule has 7 heteroatoms. The summed E-state index contributed by atoms with van der Waals surface area (Å²) in [5.41, 5.74) is 0.608. The first kappa shape index (κ1) is 11.1. The highest BCUT2D eigenvalue weighted by molar-refractivity contribution is 5.85. The highest BCUT2D eigenvalue weighted by Crippen LogP contribution is 2.06. The van der Waals surface area contributed by atoms with Crippen LogP contribution in [-0.4, -0.2) is 26.2 Å². The van der Waals surface area contributed by atoms with Crippen molar-refractivity contribution < 1.29 is 14.4 Å². The van der Waals surface area contributed by atoms with Gasteiger partial charge in [0, 0.05) is 6.07 Å². The summed E-state index contributed by atoms with van der Waals surface area (Å²) in [5, 5.41) is 15.4. The lowest BCUT2D eigenvalue weighted by Gasteiger charge is -2.02. The molecule has 2 rings (SSSR count). The minimum atomic E-state index is -1.11. The monoisotopic (exact) mass is 234 g/mol. The van der Waals surface area contributed by atoms with Gasteiger partial charge in [-0.25, -0.2) is 9.78 Å². The third kappa shape index (κ3) is 2.77. The van der Waals surface area contributed by atoms with Crippen LogP contribution >= 0.6 is 0 Å². The second kappa shape index (κ2) is 4.60. The lowest BCUT2D eigenvalue weighted by molar-refractivity contribution is 0.0690. The van der Waals surface area contributed by atoms with E-state index < -0.39 is 5.97 Å². The van der Waals surface area contributed by atoms with Crippen molar-refractivity contribution in [3.63, 3.8) is 0 Å². The van der Waals surface area contributed by atoms with Crippen LogP contribution in [0.4, 0.5) is 5.82 Å². The van der Waals surface area contributed by atoms with Gasteiger partial charge in [0.2, 0.25) is 0 Å². The van der Waals surface area contributed by atoms with Crippen molar-refractivity contribution in [3.8, 4) is 0 Å². The van der Waals surface area contributed by atoms with Crippen LogP contribution in [0, 0.1) is 6.92 Å². The lowest BCUT2D eigenvalue weighted by Crippen LogP contribution is -2.06. The Balaban J connectivity index is 2.04. The Morgan fingerprint density at radius 1 is 1.53 bits per heavy atom. The molecule has 2 aromatic heterocycles. The molecule has 0 amide bonds. The van der Waals surface area contributed by atoms with Crippen LogP contribution in [0.3, 0.4) is 0 Å². The molecule has 2 aromatic rings. The van der Waals surface area contributed by atoms with Gasteiger partial charge in [-0.15, -0.1) is 0 Å². The molecular weight excluding hydrogens is 224 g/mol. The summed E-state index contributed by atoms with van der Waals surface area (Å²) in [6.45, 7) is 2.19. The number of nitrogens with one attached hydrogen (secondary N) is 1. The first-order valence-corrected chi connectivity index (χ1v) is 4.86. The Morgan fingerprint density at radius 2 is 2.35 bits per heavy atom. The molecule has 0 aromatic carbocycles. The summed E-state index contributed by atoms with van der Waals surface area (Å²) in [4.78, 5) is 18.3. The van der Waals surface area contributed by atoms with E-state index in [0.717, 1.165) is 0 Å². The van der Waals surface area contributed by atoms with Crippen molar-refractivity contribution in [2.24, 2.45) is 0 Å². The van der Waals surface area contributed by atoms with Gasteiger partial charge in [-0.3, -0.25) is 4.98 Å². The van der Waals surface area contributed by atoms with Gasteiger partial charge in [0.05, 0.1) is 18.9 Å². The molecule has 0 atom stereocenters. The number of aryl methyl sites for hydroxylation is 1. The van der Waals surface area contributed by atoms with Crippen molar-refractivity contribution in [1.82, 2.24) is 15.1 Å². The quantitative estimate of drug-likeness (QED) is 0.816. The summed E-state index contributed by atoms with van der Waals surface area (Å²) in [6.07, 6.45) is 2.63. The van der Waals surface area contributed by atoms with Gasteiger partial charge in [0.15, 0.2) is 5.69 Å². The summed E-state index contributed by atoms with van der Waals surface area (Å²) in [6, 6.07) is 1.78. The van der Waals surface area contributed by atoms with E-state index in [2.05, 4.69) is 20.4 Å². The number of carbonyl (C=O) groups is 1. The van der Waals surface area contributed by atoms with Gasteiger partial charge < -0.3 is 14.9 Å². The number of rotatable bonds is 4. The molecule has 2 N–H and O–H groups in total.